The summed E-state index contributed by atoms with van der Waals surface area (Å²) in [6, 6.07) is 5.89. The average Bonchev–Trinajstić information content (AvgIpc) is 3.59. The fraction of sp³-hybridized carbons (Fsp3) is 0.559. The molecule has 0 N–H and O–H groups in total. The third kappa shape index (κ3) is 9.03. The Hall–Kier alpha value is -3.95. The Morgan fingerprint density at radius 1 is 1.02 bits per heavy atom. The lowest BCUT2D eigenvalue weighted by Crippen LogP contribution is -2.33. The van der Waals surface area contributed by atoms with Crippen LogP contribution >= 0.6 is 0 Å². The zero-order valence-electron chi connectivity index (χ0n) is 27.8. The van der Waals surface area contributed by atoms with Crippen LogP contribution in [-0.2, 0) is 43.9 Å². The molecule has 0 saturated heterocycles. The summed E-state index contributed by atoms with van der Waals surface area (Å²) in [7, 11) is 1.90. The fourth-order valence-electron chi connectivity index (χ4n) is 4.98. The third-order valence-electron chi connectivity index (χ3n) is 7.72. The van der Waals surface area contributed by atoms with E-state index in [-0.39, 0.29) is 37.0 Å². The zero-order valence-corrected chi connectivity index (χ0v) is 27.8. The zero-order chi connectivity index (χ0) is 32.8. The quantitative estimate of drug-likeness (QED) is 0.182. The SMILES string of the molecule is CC[C@H](C(=O)OCc1cccc([C@H](C)c2cn(C(=O)OC(C)(C)C)cn2)c1C)[C@H](COC(=O)C(C)(C)C)Cc1cncn1C. The van der Waals surface area contributed by atoms with Crippen molar-refractivity contribution in [1.29, 1.82) is 0 Å². The molecule has 0 saturated carbocycles. The van der Waals surface area contributed by atoms with Crippen molar-refractivity contribution < 1.29 is 28.6 Å². The first-order valence-corrected chi connectivity index (χ1v) is 15.2. The highest BCUT2D eigenvalue weighted by molar-refractivity contribution is 5.76. The van der Waals surface area contributed by atoms with Crippen LogP contribution < -0.4 is 0 Å². The summed E-state index contributed by atoms with van der Waals surface area (Å²) in [6.07, 6.45) is 7.20. The predicted octanol–water partition coefficient (Wildman–Crippen LogP) is 6.38. The van der Waals surface area contributed by atoms with Gasteiger partial charge in [0, 0.05) is 37.0 Å². The van der Waals surface area contributed by atoms with Crippen molar-refractivity contribution in [1.82, 2.24) is 19.1 Å². The van der Waals surface area contributed by atoms with E-state index in [1.54, 1.807) is 39.5 Å². The van der Waals surface area contributed by atoms with E-state index < -0.39 is 23.0 Å². The van der Waals surface area contributed by atoms with Crippen molar-refractivity contribution in [2.45, 2.75) is 93.3 Å². The number of rotatable bonds is 11. The summed E-state index contributed by atoms with van der Waals surface area (Å²) in [5, 5.41) is 0. The maximum absolute atomic E-state index is 13.5. The van der Waals surface area contributed by atoms with Gasteiger partial charge in [0.2, 0.25) is 0 Å². The number of carbonyl (C=O) groups is 3. The molecule has 0 unspecified atom stereocenters. The lowest BCUT2D eigenvalue weighted by Gasteiger charge is -2.26. The van der Waals surface area contributed by atoms with Gasteiger partial charge in [0.1, 0.15) is 18.5 Å². The Bertz CT molecular complexity index is 1440. The van der Waals surface area contributed by atoms with Gasteiger partial charge >= 0.3 is 18.0 Å². The molecule has 2 heterocycles. The van der Waals surface area contributed by atoms with Crippen LogP contribution in [0.5, 0.6) is 0 Å². The maximum atomic E-state index is 13.5. The number of hydrogen-bond acceptors (Lipinski definition) is 8. The van der Waals surface area contributed by atoms with Crippen LogP contribution in [0.4, 0.5) is 4.79 Å². The van der Waals surface area contributed by atoms with E-state index in [1.165, 1.54) is 10.9 Å². The van der Waals surface area contributed by atoms with Crippen molar-refractivity contribution in [2.24, 2.45) is 24.3 Å². The Labute approximate surface area is 261 Å². The van der Waals surface area contributed by atoms with E-state index in [0.29, 0.717) is 12.8 Å². The number of esters is 2. The molecule has 0 radical (unpaired) electrons. The third-order valence-corrected chi connectivity index (χ3v) is 7.72. The second-order valence-electron chi connectivity index (χ2n) is 13.5. The van der Waals surface area contributed by atoms with E-state index in [1.807, 2.05) is 71.4 Å². The Balaban J connectivity index is 1.74. The highest BCUT2D eigenvalue weighted by atomic mass is 16.6. The summed E-state index contributed by atoms with van der Waals surface area (Å²) in [4.78, 5) is 47.2. The molecule has 240 valence electrons. The molecule has 0 amide bonds. The molecule has 0 aliphatic rings. The maximum Gasteiger partial charge on any atom is 0.419 e. The van der Waals surface area contributed by atoms with Gasteiger partial charge in [-0.1, -0.05) is 32.0 Å². The van der Waals surface area contributed by atoms with Gasteiger partial charge < -0.3 is 18.8 Å². The molecule has 0 spiro atoms. The van der Waals surface area contributed by atoms with Crippen LogP contribution in [0.15, 0.2) is 43.2 Å². The fourth-order valence-corrected chi connectivity index (χ4v) is 4.98. The summed E-state index contributed by atoms with van der Waals surface area (Å²) < 4.78 is 20.3. The number of aryl methyl sites for hydroxylation is 1. The molecule has 0 fully saturated rings. The lowest BCUT2D eigenvalue weighted by molar-refractivity contribution is -0.160. The van der Waals surface area contributed by atoms with E-state index in [4.69, 9.17) is 14.2 Å². The van der Waals surface area contributed by atoms with Crippen molar-refractivity contribution in [3.05, 3.63) is 71.3 Å². The van der Waals surface area contributed by atoms with Gasteiger partial charge in [-0.05, 0) is 78.0 Å². The van der Waals surface area contributed by atoms with Crippen LogP contribution in [0.3, 0.4) is 0 Å². The molecule has 10 nitrogen and oxygen atoms in total. The van der Waals surface area contributed by atoms with Gasteiger partial charge in [-0.3, -0.25) is 9.59 Å². The van der Waals surface area contributed by atoms with Crippen LogP contribution in [0.25, 0.3) is 0 Å². The highest BCUT2D eigenvalue weighted by Crippen LogP contribution is 2.29. The first kappa shape index (κ1) is 34.5. The van der Waals surface area contributed by atoms with Gasteiger partial charge in [0.05, 0.1) is 30.0 Å². The standard InChI is InChI=1S/C34H48N4O6/c1-11-27(25(15-26-16-35-20-37(26)10)19-43-31(40)33(4,5)6)30(39)42-18-24-13-12-14-28(22(24)2)23(3)29-17-38(21-36-29)32(41)44-34(7,8)9/h12-14,16-17,20-21,23,25,27H,11,15,18-19H2,1-10H3/t23-,25-,27-/m0/s1. The molecule has 10 heteroatoms. The lowest BCUT2D eigenvalue weighted by atomic mass is 9.86. The van der Waals surface area contributed by atoms with Gasteiger partial charge in [-0.2, -0.15) is 0 Å². The molecule has 1 aromatic carbocycles. The molecular formula is C34H48N4O6. The van der Waals surface area contributed by atoms with Crippen molar-refractivity contribution in [2.75, 3.05) is 6.61 Å². The van der Waals surface area contributed by atoms with Crippen LogP contribution in [0.2, 0.25) is 0 Å². The topological polar surface area (TPSA) is 115 Å². The second-order valence-corrected chi connectivity index (χ2v) is 13.5. The molecule has 0 aliphatic carbocycles. The largest absolute Gasteiger partial charge is 0.465 e. The number of ether oxygens (including phenoxy) is 3. The van der Waals surface area contributed by atoms with Crippen molar-refractivity contribution >= 4 is 18.0 Å². The van der Waals surface area contributed by atoms with Crippen LogP contribution in [0.1, 0.15) is 95.8 Å². The van der Waals surface area contributed by atoms with Crippen LogP contribution in [0, 0.1) is 24.2 Å². The monoisotopic (exact) mass is 608 g/mol. The molecule has 44 heavy (non-hydrogen) atoms. The second kappa shape index (κ2) is 14.2. The summed E-state index contributed by atoms with van der Waals surface area (Å²) >= 11 is 0. The highest BCUT2D eigenvalue weighted by Gasteiger charge is 2.32. The summed E-state index contributed by atoms with van der Waals surface area (Å²) in [5.41, 5.74) is 3.30. The number of imidazole rings is 2. The van der Waals surface area contributed by atoms with Gasteiger partial charge in [0.15, 0.2) is 0 Å². The van der Waals surface area contributed by atoms with E-state index in [2.05, 4.69) is 9.97 Å². The van der Waals surface area contributed by atoms with Gasteiger partial charge in [-0.25, -0.2) is 19.3 Å². The first-order valence-electron chi connectivity index (χ1n) is 15.2. The molecule has 0 aliphatic heterocycles. The summed E-state index contributed by atoms with van der Waals surface area (Å²) in [6.45, 7) is 17.0. The number of nitrogens with zero attached hydrogens (tertiary/aromatic N) is 4. The Kier molecular flexibility index (Phi) is 11.2. The van der Waals surface area contributed by atoms with E-state index in [9.17, 15) is 14.4 Å². The average molecular weight is 609 g/mol. The molecule has 3 rings (SSSR count). The van der Waals surface area contributed by atoms with Gasteiger partial charge in [0.25, 0.3) is 0 Å². The minimum atomic E-state index is -0.646. The van der Waals surface area contributed by atoms with E-state index >= 15 is 0 Å². The summed E-state index contributed by atoms with van der Waals surface area (Å²) in [5.74, 6) is -1.51. The van der Waals surface area contributed by atoms with E-state index in [0.717, 1.165) is 28.1 Å². The number of benzene rings is 1. The van der Waals surface area contributed by atoms with Crippen molar-refractivity contribution in [3.8, 4) is 0 Å². The van der Waals surface area contributed by atoms with Gasteiger partial charge in [-0.15, -0.1) is 0 Å². The molecule has 0 bridgehead atoms. The molecule has 2 aromatic heterocycles. The molecular weight excluding hydrogens is 560 g/mol. The number of hydrogen-bond donors (Lipinski definition) is 0. The van der Waals surface area contributed by atoms with Crippen LogP contribution in [-0.4, -0.2) is 49.3 Å². The molecule has 3 atom stereocenters. The van der Waals surface area contributed by atoms with Crippen molar-refractivity contribution in [3.63, 3.8) is 0 Å². The number of carbonyl (C=O) groups excluding carboxylic acids is 3. The first-order chi connectivity index (χ1) is 20.5. The predicted molar refractivity (Wildman–Crippen MR) is 167 cm³/mol. The minimum Gasteiger partial charge on any atom is -0.465 e. The number of aromatic nitrogens is 4. The Morgan fingerprint density at radius 2 is 1.73 bits per heavy atom. The Morgan fingerprint density at radius 3 is 2.32 bits per heavy atom. The normalized spacial score (nSPS) is 14.0. The molecule has 3 aromatic rings. The minimum absolute atomic E-state index is 0.105. The smallest absolute Gasteiger partial charge is 0.419 e.